The molecule has 0 aromatic heterocycles. The van der Waals surface area contributed by atoms with Gasteiger partial charge in [-0.05, 0) is 6.42 Å². The quantitative estimate of drug-likeness (QED) is 0.593. The van der Waals surface area contributed by atoms with Gasteiger partial charge >= 0.3 is 6.09 Å². The van der Waals surface area contributed by atoms with Gasteiger partial charge in [-0.2, -0.15) is 10.3 Å². The van der Waals surface area contributed by atoms with Gasteiger partial charge in [0.15, 0.2) is 0 Å². The van der Waals surface area contributed by atoms with Crippen molar-refractivity contribution in [3.05, 3.63) is 0 Å². The molecule has 1 aliphatic rings. The van der Waals surface area contributed by atoms with Gasteiger partial charge in [-0.1, -0.05) is 6.92 Å². The number of ether oxygens (including phenoxy) is 1. The van der Waals surface area contributed by atoms with Gasteiger partial charge in [0, 0.05) is 12.1 Å². The Hall–Kier alpha value is -1.37. The van der Waals surface area contributed by atoms with E-state index in [9.17, 15) is 4.79 Å². The van der Waals surface area contributed by atoms with Gasteiger partial charge in [-0.15, -0.1) is 0 Å². The highest BCUT2D eigenvalue weighted by molar-refractivity contribution is 5.96. The zero-order valence-corrected chi connectivity index (χ0v) is 6.91. The smallest absolute Gasteiger partial charge is 0.433 e. The normalized spacial score (nSPS) is 23.5. The van der Waals surface area contributed by atoms with Crippen molar-refractivity contribution in [1.82, 2.24) is 0 Å². The molecule has 4 heteroatoms. The van der Waals surface area contributed by atoms with E-state index >= 15 is 0 Å². The van der Waals surface area contributed by atoms with E-state index in [1.807, 2.05) is 6.92 Å². The van der Waals surface area contributed by atoms with Crippen molar-refractivity contribution in [2.24, 2.45) is 10.9 Å². The van der Waals surface area contributed by atoms with Crippen LogP contribution >= 0.6 is 0 Å². The molecular formula is C8H10N2O2. The summed E-state index contributed by atoms with van der Waals surface area (Å²) in [7, 11) is 0. The van der Waals surface area contributed by atoms with Gasteiger partial charge in [0.05, 0.1) is 18.6 Å². The van der Waals surface area contributed by atoms with Crippen LogP contribution in [-0.2, 0) is 4.74 Å². The molecule has 1 aliphatic heterocycles. The van der Waals surface area contributed by atoms with Gasteiger partial charge in [0.2, 0.25) is 0 Å². The van der Waals surface area contributed by atoms with Crippen LogP contribution in [0, 0.1) is 17.2 Å². The SMILES string of the molecule is CCC1=NC(=O)OCCC1C#N. The topological polar surface area (TPSA) is 62.4 Å². The Balaban J connectivity index is 2.83. The van der Waals surface area contributed by atoms with E-state index in [0.717, 1.165) is 0 Å². The molecule has 0 spiro atoms. The molecule has 1 heterocycles. The zero-order valence-electron chi connectivity index (χ0n) is 6.91. The molecule has 0 N–H and O–H groups in total. The lowest BCUT2D eigenvalue weighted by Gasteiger charge is -2.03. The molecule has 64 valence electrons. The molecule has 0 radical (unpaired) electrons. The number of cyclic esters (lactones) is 1. The molecule has 0 aromatic rings. The molecule has 0 saturated heterocycles. The standard InChI is InChI=1S/C8H10N2O2/c1-2-7-6(5-9)3-4-12-8(11)10-7/h6H,2-4H2,1H3. The molecule has 1 unspecified atom stereocenters. The van der Waals surface area contributed by atoms with Crippen LogP contribution in [0.25, 0.3) is 0 Å². The fraction of sp³-hybridized carbons (Fsp3) is 0.625. The molecule has 12 heavy (non-hydrogen) atoms. The maximum absolute atomic E-state index is 10.8. The van der Waals surface area contributed by atoms with E-state index in [-0.39, 0.29) is 5.92 Å². The molecule has 1 rings (SSSR count). The molecule has 0 fully saturated rings. The molecule has 1 amide bonds. The highest BCUT2D eigenvalue weighted by atomic mass is 16.5. The number of hydrogen-bond donors (Lipinski definition) is 0. The number of carbonyl (C=O) groups excluding carboxylic acids is 1. The third-order valence-corrected chi connectivity index (χ3v) is 1.79. The summed E-state index contributed by atoms with van der Waals surface area (Å²) in [4.78, 5) is 14.5. The van der Waals surface area contributed by atoms with Crippen LogP contribution in [0.2, 0.25) is 0 Å². The second-order valence-corrected chi connectivity index (χ2v) is 2.54. The lowest BCUT2D eigenvalue weighted by atomic mass is 10.00. The number of aliphatic imine (C=N–C) groups is 1. The third-order valence-electron chi connectivity index (χ3n) is 1.79. The molecular weight excluding hydrogens is 156 g/mol. The Bertz CT molecular complexity index is 252. The van der Waals surface area contributed by atoms with Crippen molar-refractivity contribution in [2.45, 2.75) is 19.8 Å². The van der Waals surface area contributed by atoms with Gasteiger partial charge in [-0.25, -0.2) is 4.79 Å². The monoisotopic (exact) mass is 166 g/mol. The first-order chi connectivity index (χ1) is 5.77. The Morgan fingerprint density at radius 2 is 2.58 bits per heavy atom. The molecule has 0 saturated carbocycles. The minimum atomic E-state index is -0.565. The lowest BCUT2D eigenvalue weighted by Crippen LogP contribution is -2.11. The summed E-state index contributed by atoms with van der Waals surface area (Å²) in [5, 5.41) is 8.71. The summed E-state index contributed by atoms with van der Waals surface area (Å²) < 4.78 is 4.69. The first-order valence-electron chi connectivity index (χ1n) is 3.91. The number of rotatable bonds is 1. The Labute approximate surface area is 70.9 Å². The highest BCUT2D eigenvalue weighted by Crippen LogP contribution is 2.12. The van der Waals surface area contributed by atoms with Crippen molar-refractivity contribution in [2.75, 3.05) is 6.61 Å². The number of carbonyl (C=O) groups is 1. The maximum atomic E-state index is 10.8. The second kappa shape index (κ2) is 3.86. The molecule has 1 atom stereocenters. The van der Waals surface area contributed by atoms with E-state index in [1.54, 1.807) is 0 Å². The van der Waals surface area contributed by atoms with Crippen LogP contribution < -0.4 is 0 Å². The third kappa shape index (κ3) is 1.82. The van der Waals surface area contributed by atoms with Crippen molar-refractivity contribution in [1.29, 1.82) is 5.26 Å². The average Bonchev–Trinajstić information content (AvgIpc) is 2.26. The first-order valence-corrected chi connectivity index (χ1v) is 3.91. The number of nitriles is 1. The van der Waals surface area contributed by atoms with Crippen LogP contribution in [0.1, 0.15) is 19.8 Å². The van der Waals surface area contributed by atoms with Crippen molar-refractivity contribution in [3.8, 4) is 6.07 Å². The van der Waals surface area contributed by atoms with E-state index in [2.05, 4.69) is 15.8 Å². The maximum Gasteiger partial charge on any atom is 0.433 e. The Morgan fingerprint density at radius 3 is 3.17 bits per heavy atom. The Morgan fingerprint density at radius 1 is 1.83 bits per heavy atom. The highest BCUT2D eigenvalue weighted by Gasteiger charge is 2.19. The predicted molar refractivity (Wildman–Crippen MR) is 42.8 cm³/mol. The summed E-state index contributed by atoms with van der Waals surface area (Å²) in [6.45, 7) is 2.17. The van der Waals surface area contributed by atoms with E-state index in [0.29, 0.717) is 25.2 Å². The number of amides is 1. The molecule has 4 nitrogen and oxygen atoms in total. The number of nitrogens with zero attached hydrogens (tertiary/aromatic N) is 2. The molecule has 0 bridgehead atoms. The van der Waals surface area contributed by atoms with Crippen molar-refractivity contribution < 1.29 is 9.53 Å². The lowest BCUT2D eigenvalue weighted by molar-refractivity contribution is 0.157. The Kier molecular flexibility index (Phi) is 2.81. The largest absolute Gasteiger partial charge is 0.448 e. The van der Waals surface area contributed by atoms with Gasteiger partial charge in [0.25, 0.3) is 0 Å². The summed E-state index contributed by atoms with van der Waals surface area (Å²) >= 11 is 0. The van der Waals surface area contributed by atoms with E-state index in [4.69, 9.17) is 5.26 Å². The van der Waals surface area contributed by atoms with Crippen LogP contribution in [-0.4, -0.2) is 18.4 Å². The van der Waals surface area contributed by atoms with Crippen LogP contribution in [0.4, 0.5) is 4.79 Å². The van der Waals surface area contributed by atoms with Crippen LogP contribution in [0.15, 0.2) is 4.99 Å². The van der Waals surface area contributed by atoms with Gasteiger partial charge in [0.1, 0.15) is 0 Å². The summed E-state index contributed by atoms with van der Waals surface area (Å²) in [5.74, 6) is -0.249. The predicted octanol–water partition coefficient (Wildman–Crippen LogP) is 1.52. The zero-order chi connectivity index (χ0) is 8.97. The summed E-state index contributed by atoms with van der Waals surface area (Å²) in [6, 6.07) is 2.10. The van der Waals surface area contributed by atoms with Crippen molar-refractivity contribution in [3.63, 3.8) is 0 Å². The molecule has 0 aliphatic carbocycles. The fourth-order valence-corrected chi connectivity index (χ4v) is 1.12. The minimum Gasteiger partial charge on any atom is -0.448 e. The second-order valence-electron chi connectivity index (χ2n) is 2.54. The van der Waals surface area contributed by atoms with Gasteiger partial charge in [-0.3, -0.25) is 0 Å². The fourth-order valence-electron chi connectivity index (χ4n) is 1.12. The summed E-state index contributed by atoms with van der Waals surface area (Å²) in [5.41, 5.74) is 0.639. The molecule has 0 aromatic carbocycles. The van der Waals surface area contributed by atoms with Crippen LogP contribution in [0.3, 0.4) is 0 Å². The van der Waals surface area contributed by atoms with Gasteiger partial charge < -0.3 is 4.74 Å². The van der Waals surface area contributed by atoms with E-state index in [1.165, 1.54) is 0 Å². The van der Waals surface area contributed by atoms with Crippen molar-refractivity contribution >= 4 is 11.8 Å². The average molecular weight is 166 g/mol. The summed E-state index contributed by atoms with van der Waals surface area (Å²) in [6.07, 6.45) is 0.631. The first kappa shape index (κ1) is 8.72. The van der Waals surface area contributed by atoms with E-state index < -0.39 is 6.09 Å². The minimum absolute atomic E-state index is 0.249. The van der Waals surface area contributed by atoms with Crippen LogP contribution in [0.5, 0.6) is 0 Å². The number of hydrogen-bond acceptors (Lipinski definition) is 3.